The zero-order valence-electron chi connectivity index (χ0n) is 9.98. The molecule has 0 unspecified atom stereocenters. The van der Waals surface area contributed by atoms with E-state index in [0.717, 1.165) is 22.9 Å². The minimum atomic E-state index is 0.126. The van der Waals surface area contributed by atoms with Gasteiger partial charge in [-0.15, -0.1) is 11.8 Å². The number of nitrogens with zero attached hydrogens (tertiary/aromatic N) is 1. The van der Waals surface area contributed by atoms with Gasteiger partial charge in [0.05, 0.1) is 0 Å². The molecule has 94 valence electrons. The Hall–Kier alpha value is -0.320. The van der Waals surface area contributed by atoms with E-state index in [1.54, 1.807) is 30.8 Å². The smallest absolute Gasteiger partial charge is 0.281 e. The fourth-order valence-electron chi connectivity index (χ4n) is 1.07. The number of hydrogen-bond acceptors (Lipinski definition) is 3. The van der Waals surface area contributed by atoms with Crippen molar-refractivity contribution in [3.05, 3.63) is 29.3 Å². The van der Waals surface area contributed by atoms with Gasteiger partial charge < -0.3 is 4.90 Å². The lowest BCUT2D eigenvalue weighted by Gasteiger charge is -2.08. The molecule has 0 aliphatic carbocycles. The van der Waals surface area contributed by atoms with Crippen LogP contribution < -0.4 is 0 Å². The Morgan fingerprint density at radius 2 is 1.88 bits per heavy atom. The van der Waals surface area contributed by atoms with E-state index < -0.39 is 0 Å². The van der Waals surface area contributed by atoms with E-state index in [-0.39, 0.29) is 5.24 Å². The molecule has 1 aromatic carbocycles. The summed E-state index contributed by atoms with van der Waals surface area (Å²) in [5.41, 5.74) is 0. The van der Waals surface area contributed by atoms with Crippen molar-refractivity contribution in [3.63, 3.8) is 0 Å². The van der Waals surface area contributed by atoms with Crippen molar-refractivity contribution in [2.45, 2.75) is 11.3 Å². The van der Waals surface area contributed by atoms with Crippen molar-refractivity contribution in [1.29, 1.82) is 0 Å². The van der Waals surface area contributed by atoms with Gasteiger partial charge in [0, 0.05) is 29.8 Å². The van der Waals surface area contributed by atoms with E-state index in [0.29, 0.717) is 0 Å². The number of benzene rings is 1. The van der Waals surface area contributed by atoms with Gasteiger partial charge in [0.2, 0.25) is 0 Å². The number of carbonyl (C=O) groups is 1. The minimum absolute atomic E-state index is 0.126. The van der Waals surface area contributed by atoms with Gasteiger partial charge in [-0.25, -0.2) is 0 Å². The third kappa shape index (κ3) is 6.24. The van der Waals surface area contributed by atoms with E-state index in [4.69, 9.17) is 11.6 Å². The molecular formula is C12H16ClNOS2. The summed E-state index contributed by atoms with van der Waals surface area (Å²) in [6.07, 6.45) is 1.03. The third-order valence-electron chi connectivity index (χ3n) is 1.96. The number of thioether (sulfide) groups is 2. The lowest BCUT2D eigenvalue weighted by molar-refractivity contribution is 0.241. The Balaban J connectivity index is 2.12. The highest BCUT2D eigenvalue weighted by molar-refractivity contribution is 8.13. The van der Waals surface area contributed by atoms with Gasteiger partial charge in [0.15, 0.2) is 0 Å². The maximum Gasteiger partial charge on any atom is 0.281 e. The van der Waals surface area contributed by atoms with E-state index in [1.807, 2.05) is 24.3 Å². The summed E-state index contributed by atoms with van der Waals surface area (Å²) < 4.78 is 0. The van der Waals surface area contributed by atoms with Crippen LogP contribution in [0.15, 0.2) is 29.2 Å². The SMILES string of the molecule is CN(C)C(=O)SCCCSc1ccc(Cl)cc1. The van der Waals surface area contributed by atoms with Crippen LogP contribution in [0.4, 0.5) is 4.79 Å². The van der Waals surface area contributed by atoms with Gasteiger partial charge in [-0.3, -0.25) is 4.79 Å². The zero-order chi connectivity index (χ0) is 12.7. The number of amides is 1. The van der Waals surface area contributed by atoms with Gasteiger partial charge in [-0.1, -0.05) is 23.4 Å². The van der Waals surface area contributed by atoms with Crippen molar-refractivity contribution in [2.75, 3.05) is 25.6 Å². The first-order valence-electron chi connectivity index (χ1n) is 5.32. The molecule has 0 fully saturated rings. The first-order chi connectivity index (χ1) is 8.09. The summed E-state index contributed by atoms with van der Waals surface area (Å²) in [5.74, 6) is 1.90. The molecule has 0 saturated carbocycles. The van der Waals surface area contributed by atoms with Crippen LogP contribution in [0.3, 0.4) is 0 Å². The lowest BCUT2D eigenvalue weighted by atomic mass is 10.4. The van der Waals surface area contributed by atoms with E-state index in [2.05, 4.69) is 0 Å². The molecule has 1 aromatic rings. The first kappa shape index (κ1) is 14.7. The van der Waals surface area contributed by atoms with Gasteiger partial charge >= 0.3 is 0 Å². The molecule has 2 nitrogen and oxygen atoms in total. The summed E-state index contributed by atoms with van der Waals surface area (Å²) in [5, 5.41) is 0.892. The molecule has 0 bridgehead atoms. The van der Waals surface area contributed by atoms with Crippen LogP contribution in [0.1, 0.15) is 6.42 Å². The van der Waals surface area contributed by atoms with Crippen molar-refractivity contribution in [3.8, 4) is 0 Å². The number of halogens is 1. The number of hydrogen-bond donors (Lipinski definition) is 0. The summed E-state index contributed by atoms with van der Waals surface area (Å²) in [4.78, 5) is 14.1. The van der Waals surface area contributed by atoms with Crippen LogP contribution >= 0.6 is 35.1 Å². The van der Waals surface area contributed by atoms with Crippen LogP contribution in [-0.4, -0.2) is 35.7 Å². The van der Waals surface area contributed by atoms with Crippen molar-refractivity contribution in [2.24, 2.45) is 0 Å². The molecule has 5 heteroatoms. The van der Waals surface area contributed by atoms with E-state index in [1.165, 1.54) is 16.7 Å². The average molecular weight is 290 g/mol. The van der Waals surface area contributed by atoms with Crippen molar-refractivity contribution < 1.29 is 4.79 Å². The first-order valence-corrected chi connectivity index (χ1v) is 7.67. The second-order valence-corrected chi connectivity index (χ2v) is 6.32. The van der Waals surface area contributed by atoms with E-state index >= 15 is 0 Å². The predicted molar refractivity (Wildman–Crippen MR) is 78.3 cm³/mol. The highest BCUT2D eigenvalue weighted by Gasteiger charge is 2.03. The molecule has 17 heavy (non-hydrogen) atoms. The van der Waals surface area contributed by atoms with Crippen LogP contribution in [0.25, 0.3) is 0 Å². The molecule has 0 spiro atoms. The van der Waals surface area contributed by atoms with Crippen LogP contribution in [0, 0.1) is 0 Å². The Morgan fingerprint density at radius 1 is 1.24 bits per heavy atom. The summed E-state index contributed by atoms with van der Waals surface area (Å²) in [6, 6.07) is 7.83. The Morgan fingerprint density at radius 3 is 2.47 bits per heavy atom. The molecule has 0 atom stereocenters. The average Bonchev–Trinajstić information content (AvgIpc) is 2.30. The third-order valence-corrected chi connectivity index (χ3v) is 4.42. The number of rotatable bonds is 5. The standard InChI is InChI=1S/C12H16ClNOS2/c1-14(2)12(15)17-9-3-8-16-11-6-4-10(13)5-7-11/h4-7H,3,8-9H2,1-2H3. The lowest BCUT2D eigenvalue weighted by Crippen LogP contribution is -2.16. The van der Waals surface area contributed by atoms with Crippen LogP contribution in [0.5, 0.6) is 0 Å². The van der Waals surface area contributed by atoms with Gasteiger partial charge in [0.1, 0.15) is 0 Å². The van der Waals surface area contributed by atoms with Gasteiger partial charge in [-0.2, -0.15) is 0 Å². The fraction of sp³-hybridized carbons (Fsp3) is 0.417. The zero-order valence-corrected chi connectivity index (χ0v) is 12.4. The highest BCUT2D eigenvalue weighted by Crippen LogP contribution is 2.21. The second-order valence-electron chi connectivity index (χ2n) is 3.66. The normalized spacial score (nSPS) is 10.3. The maximum absolute atomic E-state index is 11.3. The maximum atomic E-state index is 11.3. The summed E-state index contributed by atoms with van der Waals surface area (Å²) in [7, 11) is 3.55. The largest absolute Gasteiger partial charge is 0.340 e. The van der Waals surface area contributed by atoms with Crippen LogP contribution in [-0.2, 0) is 0 Å². The van der Waals surface area contributed by atoms with Crippen LogP contribution in [0.2, 0.25) is 5.02 Å². The molecule has 1 rings (SSSR count). The highest BCUT2D eigenvalue weighted by atomic mass is 35.5. The predicted octanol–water partition coefficient (Wildman–Crippen LogP) is 4.24. The van der Waals surface area contributed by atoms with Crippen molar-refractivity contribution in [1.82, 2.24) is 4.90 Å². The molecule has 0 saturated heterocycles. The van der Waals surface area contributed by atoms with Gasteiger partial charge in [-0.05, 0) is 36.4 Å². The topological polar surface area (TPSA) is 20.3 Å². The molecular weight excluding hydrogens is 274 g/mol. The molecule has 1 amide bonds. The minimum Gasteiger partial charge on any atom is -0.340 e. The molecule has 0 N–H and O–H groups in total. The quantitative estimate of drug-likeness (QED) is 0.597. The summed E-state index contributed by atoms with van der Waals surface area (Å²) >= 11 is 8.97. The van der Waals surface area contributed by atoms with E-state index in [9.17, 15) is 4.79 Å². The Labute approximate surface area is 116 Å². The summed E-state index contributed by atoms with van der Waals surface area (Å²) in [6.45, 7) is 0. The molecule has 0 heterocycles. The monoisotopic (exact) mass is 289 g/mol. The molecule has 0 aliphatic rings. The number of carbonyl (C=O) groups excluding carboxylic acids is 1. The molecule has 0 aromatic heterocycles. The Kier molecular flexibility index (Phi) is 6.85. The molecule has 0 radical (unpaired) electrons. The van der Waals surface area contributed by atoms with Crippen molar-refractivity contribution >= 4 is 40.4 Å². The Bertz CT molecular complexity index is 354. The van der Waals surface area contributed by atoms with Gasteiger partial charge in [0.25, 0.3) is 5.24 Å². The molecule has 0 aliphatic heterocycles. The second kappa shape index (κ2) is 7.90. The fourth-order valence-corrected chi connectivity index (χ4v) is 2.95.